The van der Waals surface area contributed by atoms with Gasteiger partial charge in [-0.3, -0.25) is 0 Å². The fraction of sp³-hybridized carbons (Fsp3) is 0.317. The molecule has 2 atom stereocenters. The topological polar surface area (TPSA) is 121 Å². The molecule has 2 saturated heterocycles. The van der Waals surface area contributed by atoms with Crippen LogP contribution in [0.1, 0.15) is 32.0 Å². The Balaban J connectivity index is 0.000000152. The van der Waals surface area contributed by atoms with Crippen molar-refractivity contribution < 1.29 is 8.83 Å². The molecule has 2 fully saturated rings. The monoisotopic (exact) mass is 729 g/mol. The summed E-state index contributed by atoms with van der Waals surface area (Å²) in [6, 6.07) is 20.9. The maximum absolute atomic E-state index is 12.7. The summed E-state index contributed by atoms with van der Waals surface area (Å²) in [6.07, 6.45) is 4.81. The van der Waals surface area contributed by atoms with Crippen LogP contribution in [0.2, 0.25) is 0 Å². The van der Waals surface area contributed by atoms with Crippen LogP contribution in [0.5, 0.6) is 0 Å². The van der Waals surface area contributed by atoms with Crippen molar-refractivity contribution in [2.45, 2.75) is 46.2 Å². The number of imidazole rings is 1. The molecule has 0 bridgehead atoms. The average molecular weight is 730 g/mol. The van der Waals surface area contributed by atoms with E-state index >= 15 is 0 Å². The molecule has 2 aliphatic heterocycles. The summed E-state index contributed by atoms with van der Waals surface area (Å²) < 4.78 is 13.2. The number of pyridine rings is 1. The Kier molecular flexibility index (Phi) is 9.59. The highest BCUT2D eigenvalue weighted by Gasteiger charge is 2.22. The van der Waals surface area contributed by atoms with Crippen LogP contribution >= 0.6 is 11.3 Å². The molecule has 2 aliphatic rings. The van der Waals surface area contributed by atoms with Gasteiger partial charge in [0, 0.05) is 109 Å². The van der Waals surface area contributed by atoms with Crippen molar-refractivity contribution in [1.82, 2.24) is 25.0 Å². The summed E-state index contributed by atoms with van der Waals surface area (Å²) in [5.74, 6) is 0. The number of hydrogen-bond donors (Lipinski definition) is 2. The third kappa shape index (κ3) is 7.35. The number of thiazole rings is 1. The zero-order chi connectivity index (χ0) is 36.6. The Bertz CT molecular complexity index is 2540. The molecule has 2 aromatic carbocycles. The summed E-state index contributed by atoms with van der Waals surface area (Å²) in [6.45, 7) is 14.1. The lowest BCUT2D eigenvalue weighted by Gasteiger charge is -2.37. The van der Waals surface area contributed by atoms with Crippen molar-refractivity contribution >= 4 is 50.3 Å². The van der Waals surface area contributed by atoms with E-state index < -0.39 is 0 Å². The van der Waals surface area contributed by atoms with E-state index in [-0.39, 0.29) is 11.3 Å². The third-order valence-electron chi connectivity index (χ3n) is 9.90. The highest BCUT2D eigenvalue weighted by molar-refractivity contribution is 7.13. The number of anilines is 2. The van der Waals surface area contributed by atoms with E-state index in [1.807, 2.05) is 71.6 Å². The van der Waals surface area contributed by atoms with Gasteiger partial charge in [0.2, 0.25) is 0 Å². The van der Waals surface area contributed by atoms with E-state index in [1.165, 1.54) is 16.9 Å². The highest BCUT2D eigenvalue weighted by atomic mass is 32.1. The molecule has 5 aromatic heterocycles. The SMILES string of the molecule is CCc1ccn2cc(-c3cc4ccc(N5CCNCC5)cc4oc3=O)nc2c1.Cc1csc(-c2cc3ccc(N4C[C@@H](C)N[C@@H](C)C4)cc3oc2=O)n1. The zero-order valence-electron chi connectivity index (χ0n) is 30.4. The summed E-state index contributed by atoms with van der Waals surface area (Å²) in [5, 5.41) is 11.4. The molecule has 0 amide bonds. The number of piperazine rings is 2. The summed E-state index contributed by atoms with van der Waals surface area (Å²) >= 11 is 1.47. The van der Waals surface area contributed by atoms with Gasteiger partial charge >= 0.3 is 11.3 Å². The molecular formula is C41H43N7O4S. The molecule has 7 aromatic rings. The van der Waals surface area contributed by atoms with Crippen molar-refractivity contribution in [2.75, 3.05) is 49.1 Å². The molecule has 0 aliphatic carbocycles. The Hall–Kier alpha value is -5.30. The maximum Gasteiger partial charge on any atom is 0.346 e. The van der Waals surface area contributed by atoms with Crippen molar-refractivity contribution in [3.8, 4) is 21.8 Å². The zero-order valence-corrected chi connectivity index (χ0v) is 31.2. The molecule has 53 heavy (non-hydrogen) atoms. The normalized spacial score (nSPS) is 17.7. The number of benzene rings is 2. The Morgan fingerprint density at radius 3 is 2.09 bits per heavy atom. The van der Waals surface area contributed by atoms with E-state index in [0.29, 0.717) is 45.1 Å². The first-order chi connectivity index (χ1) is 25.7. The Morgan fingerprint density at radius 2 is 1.45 bits per heavy atom. The van der Waals surface area contributed by atoms with E-state index in [4.69, 9.17) is 8.83 Å². The third-order valence-corrected chi connectivity index (χ3v) is 10.9. The summed E-state index contributed by atoms with van der Waals surface area (Å²) in [7, 11) is 0. The van der Waals surface area contributed by atoms with Gasteiger partial charge in [0.1, 0.15) is 21.8 Å². The molecule has 7 heterocycles. The minimum Gasteiger partial charge on any atom is -0.422 e. The standard InChI is InChI=1S/C22H22N4O2.C19H21N3O2S/c1-2-15-5-8-26-14-19(24-21(26)11-15)18-12-16-3-4-17(13-20(16)28-22(18)27)25-9-6-23-7-10-25;1-11-8-22(9-12(2)20-11)15-5-4-14-6-16(18-21-13(3)10-25-18)19(23)24-17(14)7-15/h3-5,8,11-14,23H,2,6-7,9-10H2,1H3;4-7,10-12,20H,8-9H2,1-3H3/t;11-,12+. The minimum absolute atomic E-state index is 0.332. The fourth-order valence-corrected chi connectivity index (χ4v) is 8.03. The number of fused-ring (bicyclic) bond motifs is 3. The Labute approximate surface area is 310 Å². The fourth-order valence-electron chi connectivity index (χ4n) is 7.23. The van der Waals surface area contributed by atoms with Gasteiger partial charge in [-0.15, -0.1) is 11.3 Å². The second-order valence-corrected chi connectivity index (χ2v) is 14.9. The van der Waals surface area contributed by atoms with Gasteiger partial charge in [0.15, 0.2) is 0 Å². The molecule has 0 spiro atoms. The van der Waals surface area contributed by atoms with Gasteiger partial charge in [-0.2, -0.15) is 0 Å². The van der Waals surface area contributed by atoms with Crippen LogP contribution < -0.4 is 31.7 Å². The van der Waals surface area contributed by atoms with Crippen LogP contribution in [0, 0.1) is 6.92 Å². The number of hydrogen-bond acceptors (Lipinski definition) is 11. The second-order valence-electron chi connectivity index (χ2n) is 14.0. The van der Waals surface area contributed by atoms with Crippen molar-refractivity contribution in [3.05, 3.63) is 111 Å². The number of aryl methyl sites for hydroxylation is 2. The van der Waals surface area contributed by atoms with Gasteiger partial charge in [-0.25, -0.2) is 19.6 Å². The quantitative estimate of drug-likeness (QED) is 0.190. The molecule has 0 unspecified atom stereocenters. The first kappa shape index (κ1) is 34.8. The van der Waals surface area contributed by atoms with E-state index in [9.17, 15) is 9.59 Å². The lowest BCUT2D eigenvalue weighted by atomic mass is 10.1. The van der Waals surface area contributed by atoms with Gasteiger partial charge in [0.25, 0.3) is 0 Å². The largest absolute Gasteiger partial charge is 0.422 e. The molecule has 0 saturated carbocycles. The molecular weight excluding hydrogens is 687 g/mol. The van der Waals surface area contributed by atoms with E-state index in [1.54, 1.807) is 0 Å². The predicted molar refractivity (Wildman–Crippen MR) is 214 cm³/mol. The number of nitrogens with one attached hydrogen (secondary N) is 2. The number of rotatable bonds is 5. The van der Waals surface area contributed by atoms with Crippen LogP contribution in [0.4, 0.5) is 11.4 Å². The number of nitrogens with zero attached hydrogens (tertiary/aromatic N) is 5. The average Bonchev–Trinajstić information content (AvgIpc) is 3.79. The molecule has 2 N–H and O–H groups in total. The van der Waals surface area contributed by atoms with E-state index in [2.05, 4.69) is 69.4 Å². The van der Waals surface area contributed by atoms with Crippen LogP contribution in [0.3, 0.4) is 0 Å². The van der Waals surface area contributed by atoms with Crippen molar-refractivity contribution in [3.63, 3.8) is 0 Å². The minimum atomic E-state index is -0.357. The first-order valence-corrected chi connectivity index (χ1v) is 19.1. The molecule has 272 valence electrons. The molecule has 12 heteroatoms. The van der Waals surface area contributed by atoms with Gasteiger partial charge < -0.3 is 33.7 Å². The van der Waals surface area contributed by atoms with Crippen LogP contribution in [0.25, 0.3) is 49.4 Å². The van der Waals surface area contributed by atoms with Crippen molar-refractivity contribution in [1.29, 1.82) is 0 Å². The Morgan fingerprint density at radius 1 is 0.811 bits per heavy atom. The lowest BCUT2D eigenvalue weighted by molar-refractivity contribution is 0.407. The first-order valence-electron chi connectivity index (χ1n) is 18.2. The molecule has 11 nitrogen and oxygen atoms in total. The van der Waals surface area contributed by atoms with Crippen molar-refractivity contribution in [2.24, 2.45) is 0 Å². The van der Waals surface area contributed by atoms with Crippen LogP contribution in [-0.4, -0.2) is 65.7 Å². The van der Waals surface area contributed by atoms with Crippen LogP contribution in [0.15, 0.2) is 96.9 Å². The second kappa shape index (κ2) is 14.6. The summed E-state index contributed by atoms with van der Waals surface area (Å²) in [4.78, 5) is 38.8. The highest BCUT2D eigenvalue weighted by Crippen LogP contribution is 2.28. The molecule has 0 radical (unpaired) electrons. The van der Waals surface area contributed by atoms with Gasteiger partial charge in [-0.05, 0) is 81.3 Å². The maximum atomic E-state index is 12.7. The van der Waals surface area contributed by atoms with E-state index in [0.717, 1.165) is 79.2 Å². The van der Waals surface area contributed by atoms with Gasteiger partial charge in [0.05, 0.1) is 16.8 Å². The lowest BCUT2D eigenvalue weighted by Crippen LogP contribution is -2.54. The predicted octanol–water partition coefficient (Wildman–Crippen LogP) is 6.49. The summed E-state index contributed by atoms with van der Waals surface area (Å²) in [5.41, 5.74) is 7.35. The van der Waals surface area contributed by atoms with Crippen LogP contribution in [-0.2, 0) is 6.42 Å². The smallest absolute Gasteiger partial charge is 0.346 e. The van der Waals surface area contributed by atoms with Gasteiger partial charge in [-0.1, -0.05) is 6.92 Å². The number of aromatic nitrogens is 3. The molecule has 9 rings (SSSR count).